The Labute approximate surface area is 109 Å². The third-order valence-corrected chi connectivity index (χ3v) is 3.99. The Morgan fingerprint density at radius 2 is 2.06 bits per heavy atom. The Kier molecular flexibility index (Phi) is 4.02. The van der Waals surface area contributed by atoms with Gasteiger partial charge in [0.1, 0.15) is 0 Å². The standard InChI is InChI=1S/C15H22N2O/c1-10-4-3-5-11(2)13(10)8-12-6-7-17-14(9-12)15(16)18/h3-5,12,14,17H,6-9H2,1-2H3,(H2,16,18). The largest absolute Gasteiger partial charge is 0.368 e. The number of hydrogen-bond donors (Lipinski definition) is 2. The van der Waals surface area contributed by atoms with E-state index < -0.39 is 0 Å². The first kappa shape index (κ1) is 13.1. The molecule has 0 radical (unpaired) electrons. The minimum Gasteiger partial charge on any atom is -0.368 e. The second-order valence-corrected chi connectivity index (χ2v) is 5.37. The number of amides is 1. The highest BCUT2D eigenvalue weighted by atomic mass is 16.1. The molecule has 1 aromatic carbocycles. The minimum atomic E-state index is -0.221. The van der Waals surface area contributed by atoms with Gasteiger partial charge in [0.15, 0.2) is 0 Å². The quantitative estimate of drug-likeness (QED) is 0.853. The van der Waals surface area contributed by atoms with Crippen LogP contribution in [0, 0.1) is 19.8 Å². The number of benzene rings is 1. The lowest BCUT2D eigenvalue weighted by Gasteiger charge is -2.29. The smallest absolute Gasteiger partial charge is 0.234 e. The number of rotatable bonds is 3. The van der Waals surface area contributed by atoms with E-state index in [1.165, 1.54) is 16.7 Å². The van der Waals surface area contributed by atoms with Gasteiger partial charge in [-0.2, -0.15) is 0 Å². The fraction of sp³-hybridized carbons (Fsp3) is 0.533. The maximum absolute atomic E-state index is 11.2. The number of carbonyl (C=O) groups is 1. The molecular formula is C15H22N2O. The number of hydrogen-bond acceptors (Lipinski definition) is 2. The second kappa shape index (κ2) is 5.53. The van der Waals surface area contributed by atoms with Gasteiger partial charge < -0.3 is 11.1 Å². The number of carbonyl (C=O) groups excluding carboxylic acids is 1. The Morgan fingerprint density at radius 1 is 1.39 bits per heavy atom. The van der Waals surface area contributed by atoms with Crippen LogP contribution in [-0.4, -0.2) is 18.5 Å². The monoisotopic (exact) mass is 246 g/mol. The van der Waals surface area contributed by atoms with Gasteiger partial charge in [-0.15, -0.1) is 0 Å². The molecule has 0 aromatic heterocycles. The van der Waals surface area contributed by atoms with Gasteiger partial charge in [0, 0.05) is 0 Å². The van der Waals surface area contributed by atoms with Gasteiger partial charge in [0.2, 0.25) is 5.91 Å². The van der Waals surface area contributed by atoms with Crippen LogP contribution in [0.15, 0.2) is 18.2 Å². The van der Waals surface area contributed by atoms with Crippen LogP contribution in [0.5, 0.6) is 0 Å². The fourth-order valence-corrected chi connectivity index (χ4v) is 2.86. The molecule has 2 unspecified atom stereocenters. The zero-order valence-corrected chi connectivity index (χ0v) is 11.2. The van der Waals surface area contributed by atoms with Gasteiger partial charge in [-0.05, 0) is 62.3 Å². The summed E-state index contributed by atoms with van der Waals surface area (Å²) in [5.74, 6) is 0.338. The summed E-state index contributed by atoms with van der Waals surface area (Å²) < 4.78 is 0. The third-order valence-electron chi connectivity index (χ3n) is 3.99. The summed E-state index contributed by atoms with van der Waals surface area (Å²) in [5, 5.41) is 3.19. The van der Waals surface area contributed by atoms with Crippen molar-refractivity contribution in [1.82, 2.24) is 5.32 Å². The van der Waals surface area contributed by atoms with Gasteiger partial charge in [-0.25, -0.2) is 0 Å². The lowest BCUT2D eigenvalue weighted by molar-refractivity contribution is -0.120. The van der Waals surface area contributed by atoms with E-state index in [2.05, 4.69) is 37.4 Å². The summed E-state index contributed by atoms with van der Waals surface area (Å²) >= 11 is 0. The van der Waals surface area contributed by atoms with E-state index in [4.69, 9.17) is 5.73 Å². The molecule has 1 fully saturated rings. The molecule has 3 N–H and O–H groups in total. The Balaban J connectivity index is 2.07. The molecule has 1 saturated heterocycles. The van der Waals surface area contributed by atoms with Crippen LogP contribution in [0.3, 0.4) is 0 Å². The van der Waals surface area contributed by atoms with Crippen molar-refractivity contribution < 1.29 is 4.79 Å². The molecule has 98 valence electrons. The van der Waals surface area contributed by atoms with Crippen LogP contribution in [-0.2, 0) is 11.2 Å². The molecule has 0 aliphatic carbocycles. The number of primary amides is 1. The summed E-state index contributed by atoms with van der Waals surface area (Å²) in [5.41, 5.74) is 9.52. The van der Waals surface area contributed by atoms with Crippen LogP contribution < -0.4 is 11.1 Å². The molecule has 0 bridgehead atoms. The SMILES string of the molecule is Cc1cccc(C)c1CC1CCNC(C(N)=O)C1. The van der Waals surface area contributed by atoms with Crippen molar-refractivity contribution in [2.45, 2.75) is 39.2 Å². The van der Waals surface area contributed by atoms with Crippen molar-refractivity contribution >= 4 is 5.91 Å². The summed E-state index contributed by atoms with van der Waals surface area (Å²) in [6, 6.07) is 6.28. The third kappa shape index (κ3) is 2.91. The van der Waals surface area contributed by atoms with E-state index in [1.54, 1.807) is 0 Å². The molecule has 2 rings (SSSR count). The Hall–Kier alpha value is -1.35. The van der Waals surface area contributed by atoms with Crippen molar-refractivity contribution in [2.24, 2.45) is 11.7 Å². The molecule has 1 amide bonds. The van der Waals surface area contributed by atoms with Crippen molar-refractivity contribution in [1.29, 1.82) is 0 Å². The first-order valence-electron chi connectivity index (χ1n) is 6.65. The lowest BCUT2D eigenvalue weighted by atomic mass is 9.84. The first-order chi connectivity index (χ1) is 8.58. The van der Waals surface area contributed by atoms with Crippen LogP contribution in [0.4, 0.5) is 0 Å². The van der Waals surface area contributed by atoms with Gasteiger partial charge in [-0.3, -0.25) is 4.79 Å². The molecule has 3 heteroatoms. The minimum absolute atomic E-state index is 0.145. The van der Waals surface area contributed by atoms with Crippen LogP contribution in [0.2, 0.25) is 0 Å². The van der Waals surface area contributed by atoms with Crippen molar-refractivity contribution in [3.8, 4) is 0 Å². The predicted molar refractivity (Wildman–Crippen MR) is 73.3 cm³/mol. The molecule has 0 saturated carbocycles. The normalized spacial score (nSPS) is 23.9. The summed E-state index contributed by atoms with van der Waals surface area (Å²) in [6.07, 6.45) is 3.05. The molecule has 3 nitrogen and oxygen atoms in total. The van der Waals surface area contributed by atoms with E-state index in [0.29, 0.717) is 5.92 Å². The number of nitrogens with one attached hydrogen (secondary N) is 1. The van der Waals surface area contributed by atoms with E-state index in [9.17, 15) is 4.79 Å². The Bertz CT molecular complexity index is 422. The highest BCUT2D eigenvalue weighted by molar-refractivity contribution is 5.79. The average molecular weight is 246 g/mol. The topological polar surface area (TPSA) is 55.1 Å². The molecule has 18 heavy (non-hydrogen) atoms. The summed E-state index contributed by atoms with van der Waals surface area (Å²) in [7, 11) is 0. The predicted octanol–water partition coefficient (Wildman–Crippen LogP) is 1.70. The maximum Gasteiger partial charge on any atom is 0.234 e. The van der Waals surface area contributed by atoms with E-state index in [1.807, 2.05) is 0 Å². The number of nitrogens with two attached hydrogens (primary N) is 1. The zero-order valence-electron chi connectivity index (χ0n) is 11.2. The second-order valence-electron chi connectivity index (χ2n) is 5.37. The number of piperidine rings is 1. The number of aryl methyl sites for hydroxylation is 2. The molecule has 2 atom stereocenters. The molecule has 0 spiro atoms. The molecular weight excluding hydrogens is 224 g/mol. The fourth-order valence-electron chi connectivity index (χ4n) is 2.86. The summed E-state index contributed by atoms with van der Waals surface area (Å²) in [6.45, 7) is 5.22. The average Bonchev–Trinajstić information content (AvgIpc) is 2.34. The van der Waals surface area contributed by atoms with Gasteiger partial charge in [0.05, 0.1) is 6.04 Å². The van der Waals surface area contributed by atoms with Crippen LogP contribution in [0.1, 0.15) is 29.5 Å². The van der Waals surface area contributed by atoms with Crippen LogP contribution in [0.25, 0.3) is 0 Å². The summed E-state index contributed by atoms with van der Waals surface area (Å²) in [4.78, 5) is 11.2. The molecule has 1 aromatic rings. The highest BCUT2D eigenvalue weighted by Gasteiger charge is 2.25. The first-order valence-corrected chi connectivity index (χ1v) is 6.65. The molecule has 1 aliphatic rings. The van der Waals surface area contributed by atoms with Crippen molar-refractivity contribution in [2.75, 3.05) is 6.54 Å². The van der Waals surface area contributed by atoms with Crippen LogP contribution >= 0.6 is 0 Å². The van der Waals surface area contributed by atoms with E-state index >= 15 is 0 Å². The van der Waals surface area contributed by atoms with E-state index in [0.717, 1.165) is 25.8 Å². The Morgan fingerprint density at radius 3 is 2.67 bits per heavy atom. The molecule has 1 aliphatic heterocycles. The lowest BCUT2D eigenvalue weighted by Crippen LogP contribution is -2.47. The van der Waals surface area contributed by atoms with Gasteiger partial charge in [0.25, 0.3) is 0 Å². The highest BCUT2D eigenvalue weighted by Crippen LogP contribution is 2.24. The molecule has 1 heterocycles. The van der Waals surface area contributed by atoms with Crippen molar-refractivity contribution in [3.63, 3.8) is 0 Å². The van der Waals surface area contributed by atoms with E-state index in [-0.39, 0.29) is 11.9 Å². The maximum atomic E-state index is 11.2. The van der Waals surface area contributed by atoms with Crippen molar-refractivity contribution in [3.05, 3.63) is 34.9 Å². The van der Waals surface area contributed by atoms with Gasteiger partial charge in [-0.1, -0.05) is 18.2 Å². The van der Waals surface area contributed by atoms with Gasteiger partial charge >= 0.3 is 0 Å². The zero-order chi connectivity index (χ0) is 13.1.